The molecule has 0 aliphatic rings. The molecule has 128 valence electrons. The van der Waals surface area contributed by atoms with Crippen LogP contribution in [0.15, 0.2) is 46.8 Å². The number of hydrogen-bond acceptors (Lipinski definition) is 6. The molecular formula is C15H12BrN5O3S. The molecule has 2 heterocycles. The lowest BCUT2D eigenvalue weighted by atomic mass is 10.1. The van der Waals surface area contributed by atoms with E-state index in [9.17, 15) is 14.9 Å². The van der Waals surface area contributed by atoms with Gasteiger partial charge in [0.15, 0.2) is 0 Å². The van der Waals surface area contributed by atoms with Crippen molar-refractivity contribution < 1.29 is 9.72 Å². The molecule has 1 amide bonds. The molecule has 0 saturated carbocycles. The van der Waals surface area contributed by atoms with Crippen LogP contribution < -0.4 is 0 Å². The maximum absolute atomic E-state index is 12.6. The first-order valence-electron chi connectivity index (χ1n) is 7.09. The Hall–Kier alpha value is -2.59. The lowest BCUT2D eigenvalue weighted by Crippen LogP contribution is -2.26. The highest BCUT2D eigenvalue weighted by atomic mass is 79.9. The minimum absolute atomic E-state index is 0.205. The van der Waals surface area contributed by atoms with E-state index >= 15 is 0 Å². The van der Waals surface area contributed by atoms with Gasteiger partial charge in [0.1, 0.15) is 18.3 Å². The molecule has 0 radical (unpaired) electrons. The molecule has 0 unspecified atom stereocenters. The van der Waals surface area contributed by atoms with E-state index in [-0.39, 0.29) is 22.8 Å². The average Bonchev–Trinajstić information content (AvgIpc) is 3.25. The van der Waals surface area contributed by atoms with Crippen molar-refractivity contribution in [3.8, 4) is 5.69 Å². The number of amides is 1. The Morgan fingerprint density at radius 2 is 2.20 bits per heavy atom. The summed E-state index contributed by atoms with van der Waals surface area (Å²) < 4.78 is 2.27. The van der Waals surface area contributed by atoms with Crippen LogP contribution in [0.1, 0.15) is 15.2 Å². The van der Waals surface area contributed by atoms with Crippen LogP contribution in [0.25, 0.3) is 5.69 Å². The zero-order valence-electron chi connectivity index (χ0n) is 13.0. The standard InChI is InChI=1S/C15H12BrN5O3S/c1-19(7-11-3-5-14(16)25-11)15(22)10-2-4-12(13(6-10)21(23)24)20-9-17-8-18-20/h2-6,8-9H,7H2,1H3. The van der Waals surface area contributed by atoms with Crippen molar-refractivity contribution in [2.45, 2.75) is 6.54 Å². The number of carbonyl (C=O) groups excluding carboxylic acids is 1. The second-order valence-electron chi connectivity index (χ2n) is 5.17. The number of rotatable bonds is 5. The molecule has 25 heavy (non-hydrogen) atoms. The van der Waals surface area contributed by atoms with E-state index in [0.717, 1.165) is 8.66 Å². The summed E-state index contributed by atoms with van der Waals surface area (Å²) in [6.45, 7) is 0.424. The molecule has 8 nitrogen and oxygen atoms in total. The molecule has 0 saturated heterocycles. The number of nitro groups is 1. The van der Waals surface area contributed by atoms with E-state index in [1.807, 2.05) is 12.1 Å². The third-order valence-corrected chi connectivity index (χ3v) is 5.06. The predicted molar refractivity (Wildman–Crippen MR) is 95.8 cm³/mol. The molecule has 2 aromatic heterocycles. The van der Waals surface area contributed by atoms with Gasteiger partial charge in [-0.15, -0.1) is 11.3 Å². The zero-order chi connectivity index (χ0) is 18.0. The summed E-state index contributed by atoms with van der Waals surface area (Å²) >= 11 is 4.92. The molecule has 0 fully saturated rings. The molecule has 0 spiro atoms. The summed E-state index contributed by atoms with van der Waals surface area (Å²) in [4.78, 5) is 29.7. The first kappa shape index (κ1) is 17.2. The van der Waals surface area contributed by atoms with Gasteiger partial charge >= 0.3 is 0 Å². The number of thiophene rings is 1. The Bertz CT molecular complexity index is 925. The molecule has 3 rings (SSSR count). The third-order valence-electron chi connectivity index (χ3n) is 3.45. The van der Waals surface area contributed by atoms with Gasteiger partial charge in [0.2, 0.25) is 0 Å². The van der Waals surface area contributed by atoms with Crippen molar-refractivity contribution in [2.75, 3.05) is 7.05 Å². The van der Waals surface area contributed by atoms with Crippen LogP contribution in [0.2, 0.25) is 0 Å². The van der Waals surface area contributed by atoms with Gasteiger partial charge in [-0.2, -0.15) is 5.10 Å². The Kier molecular flexibility index (Phi) is 4.91. The highest BCUT2D eigenvalue weighted by Crippen LogP contribution is 2.26. The van der Waals surface area contributed by atoms with Gasteiger partial charge < -0.3 is 4.90 Å². The number of carbonyl (C=O) groups is 1. The first-order valence-corrected chi connectivity index (χ1v) is 8.70. The Labute approximate surface area is 155 Å². The second kappa shape index (κ2) is 7.11. The highest BCUT2D eigenvalue weighted by Gasteiger charge is 2.21. The maximum Gasteiger partial charge on any atom is 0.295 e. The number of aromatic nitrogens is 3. The molecule has 0 bridgehead atoms. The number of hydrogen-bond donors (Lipinski definition) is 0. The van der Waals surface area contributed by atoms with Crippen LogP contribution in [0.4, 0.5) is 5.69 Å². The van der Waals surface area contributed by atoms with E-state index < -0.39 is 4.92 Å². The SMILES string of the molecule is CN(Cc1ccc(Br)s1)C(=O)c1ccc(-n2cncn2)c([N+](=O)[O-])c1. The molecule has 0 aliphatic heterocycles. The fourth-order valence-corrected chi connectivity index (χ4v) is 3.83. The van der Waals surface area contributed by atoms with Crippen LogP contribution in [0.5, 0.6) is 0 Å². The summed E-state index contributed by atoms with van der Waals surface area (Å²) in [6, 6.07) is 8.15. The van der Waals surface area contributed by atoms with Crippen molar-refractivity contribution in [3.05, 3.63) is 67.3 Å². The Morgan fingerprint density at radius 3 is 2.80 bits per heavy atom. The van der Waals surface area contributed by atoms with Crippen LogP contribution in [0, 0.1) is 10.1 Å². The van der Waals surface area contributed by atoms with Crippen LogP contribution in [0.3, 0.4) is 0 Å². The highest BCUT2D eigenvalue weighted by molar-refractivity contribution is 9.11. The van der Waals surface area contributed by atoms with Gasteiger partial charge in [0, 0.05) is 23.6 Å². The Morgan fingerprint density at radius 1 is 1.40 bits per heavy atom. The van der Waals surface area contributed by atoms with Crippen LogP contribution >= 0.6 is 27.3 Å². The molecule has 0 aliphatic carbocycles. The summed E-state index contributed by atoms with van der Waals surface area (Å²) in [7, 11) is 1.66. The zero-order valence-corrected chi connectivity index (χ0v) is 15.4. The van der Waals surface area contributed by atoms with Crippen molar-refractivity contribution in [2.24, 2.45) is 0 Å². The van der Waals surface area contributed by atoms with E-state index in [1.54, 1.807) is 13.1 Å². The number of nitro benzene ring substituents is 1. The van der Waals surface area contributed by atoms with Crippen molar-refractivity contribution >= 4 is 38.9 Å². The predicted octanol–water partition coefficient (Wildman–Crippen LogP) is 3.27. The van der Waals surface area contributed by atoms with Gasteiger partial charge in [-0.25, -0.2) is 9.67 Å². The van der Waals surface area contributed by atoms with Gasteiger partial charge in [-0.3, -0.25) is 14.9 Å². The van der Waals surface area contributed by atoms with E-state index in [4.69, 9.17) is 0 Å². The van der Waals surface area contributed by atoms with Crippen LogP contribution in [-0.4, -0.2) is 37.5 Å². The van der Waals surface area contributed by atoms with Crippen molar-refractivity contribution in [1.82, 2.24) is 19.7 Å². The summed E-state index contributed by atoms with van der Waals surface area (Å²) in [6.07, 6.45) is 2.65. The largest absolute Gasteiger partial charge is 0.337 e. The van der Waals surface area contributed by atoms with E-state index in [1.165, 1.54) is 45.7 Å². The molecular weight excluding hydrogens is 410 g/mol. The van der Waals surface area contributed by atoms with Gasteiger partial charge in [0.25, 0.3) is 11.6 Å². The molecule has 10 heteroatoms. The van der Waals surface area contributed by atoms with E-state index in [0.29, 0.717) is 6.54 Å². The van der Waals surface area contributed by atoms with Crippen molar-refractivity contribution in [1.29, 1.82) is 0 Å². The second-order valence-corrected chi connectivity index (χ2v) is 7.72. The average molecular weight is 422 g/mol. The van der Waals surface area contributed by atoms with Crippen molar-refractivity contribution in [3.63, 3.8) is 0 Å². The first-order chi connectivity index (χ1) is 12.0. The monoisotopic (exact) mass is 421 g/mol. The molecule has 0 N–H and O–H groups in total. The normalized spacial score (nSPS) is 10.6. The molecule has 1 aromatic carbocycles. The van der Waals surface area contributed by atoms with Gasteiger partial charge in [-0.1, -0.05) is 0 Å². The summed E-state index contributed by atoms with van der Waals surface area (Å²) in [5.41, 5.74) is 0.293. The fraction of sp³-hybridized carbons (Fsp3) is 0.133. The number of nitrogens with zero attached hydrogens (tertiary/aromatic N) is 5. The Balaban J connectivity index is 1.87. The summed E-state index contributed by atoms with van der Waals surface area (Å²) in [5, 5.41) is 15.3. The minimum Gasteiger partial charge on any atom is -0.337 e. The topological polar surface area (TPSA) is 94.2 Å². The number of benzene rings is 1. The van der Waals surface area contributed by atoms with Gasteiger partial charge in [-0.05, 0) is 40.2 Å². The lowest BCUT2D eigenvalue weighted by molar-refractivity contribution is -0.384. The third kappa shape index (κ3) is 3.74. The lowest BCUT2D eigenvalue weighted by Gasteiger charge is -2.16. The fourth-order valence-electron chi connectivity index (χ4n) is 2.29. The van der Waals surface area contributed by atoms with E-state index in [2.05, 4.69) is 26.0 Å². The quantitative estimate of drug-likeness (QED) is 0.465. The molecule has 0 atom stereocenters. The number of halogens is 1. The summed E-state index contributed by atoms with van der Waals surface area (Å²) in [5.74, 6) is -0.294. The van der Waals surface area contributed by atoms with Gasteiger partial charge in [0.05, 0.1) is 15.3 Å². The molecule has 3 aromatic rings. The van der Waals surface area contributed by atoms with Crippen LogP contribution in [-0.2, 0) is 6.54 Å². The smallest absolute Gasteiger partial charge is 0.295 e. The maximum atomic E-state index is 12.6. The minimum atomic E-state index is -0.538.